The molecule has 0 aromatic carbocycles. The number of sulfone groups is 1. The van der Waals surface area contributed by atoms with E-state index in [9.17, 15) is 13.2 Å². The summed E-state index contributed by atoms with van der Waals surface area (Å²) in [5, 5.41) is 3.39. The van der Waals surface area contributed by atoms with Crippen molar-refractivity contribution in [2.24, 2.45) is 10.9 Å². The maximum Gasteiger partial charge on any atom is 0.242 e. The van der Waals surface area contributed by atoms with Gasteiger partial charge in [-0.05, 0) is 38.0 Å². The Hall–Kier alpha value is -0.620. The number of carbonyl (C=O) groups is 1. The van der Waals surface area contributed by atoms with Crippen LogP contribution in [0.25, 0.3) is 0 Å². The number of rotatable bonds is 5. The first-order valence-electron chi connectivity index (χ1n) is 10.1. The largest absolute Gasteiger partial charge is 0.376 e. The molecule has 0 aromatic heterocycles. The van der Waals surface area contributed by atoms with Crippen LogP contribution in [-0.4, -0.2) is 93.1 Å². The van der Waals surface area contributed by atoms with E-state index in [0.717, 1.165) is 51.3 Å². The second-order valence-corrected chi connectivity index (χ2v) is 10.4. The van der Waals surface area contributed by atoms with Crippen molar-refractivity contribution in [2.75, 3.05) is 50.8 Å². The minimum absolute atomic E-state index is 0. The molecule has 0 radical (unpaired) electrons. The van der Waals surface area contributed by atoms with E-state index in [1.165, 1.54) is 0 Å². The molecule has 1 aliphatic carbocycles. The maximum absolute atomic E-state index is 12.5. The first kappa shape index (κ1) is 22.1. The molecule has 2 unspecified atom stereocenters. The van der Waals surface area contributed by atoms with Gasteiger partial charge in [-0.2, -0.15) is 0 Å². The Morgan fingerprint density at radius 1 is 1.21 bits per heavy atom. The van der Waals surface area contributed by atoms with Gasteiger partial charge >= 0.3 is 0 Å². The van der Waals surface area contributed by atoms with Gasteiger partial charge in [-0.25, -0.2) is 8.42 Å². The van der Waals surface area contributed by atoms with Gasteiger partial charge in [-0.1, -0.05) is 0 Å². The number of nitrogens with one attached hydrogen (secondary N) is 1. The Bertz CT molecular complexity index is 692. The minimum atomic E-state index is -2.90. The van der Waals surface area contributed by atoms with Crippen molar-refractivity contribution >= 4 is 45.7 Å². The van der Waals surface area contributed by atoms with Crippen molar-refractivity contribution in [3.8, 4) is 0 Å². The van der Waals surface area contributed by atoms with Crippen molar-refractivity contribution in [1.82, 2.24) is 15.1 Å². The molecule has 2 atom stereocenters. The average Bonchev–Trinajstić information content (AvgIpc) is 3.21. The summed E-state index contributed by atoms with van der Waals surface area (Å²) in [6, 6.07) is 0.448. The summed E-state index contributed by atoms with van der Waals surface area (Å²) in [6.45, 7) is 3.82. The van der Waals surface area contributed by atoms with Crippen LogP contribution in [-0.2, 0) is 19.4 Å². The van der Waals surface area contributed by atoms with Crippen LogP contribution in [0.4, 0.5) is 0 Å². The Kier molecular flexibility index (Phi) is 7.46. The standard InChI is InChI=1S/C18H30N4O4S.HI/c23-17-12-21(6-7-22(17)15-3-4-15)18(20-11-16-2-1-8-26-16)19-10-14-5-9-27(24,25)13-14;/h14-16H,1-13H2,(H,19,20);1H. The molecule has 3 aliphatic heterocycles. The lowest BCUT2D eigenvalue weighted by Gasteiger charge is -2.36. The molecular formula is C18H31IN4O4S. The van der Waals surface area contributed by atoms with Gasteiger partial charge in [0.1, 0.15) is 0 Å². The van der Waals surface area contributed by atoms with E-state index in [4.69, 9.17) is 9.73 Å². The summed E-state index contributed by atoms with van der Waals surface area (Å²) >= 11 is 0. The molecular weight excluding hydrogens is 495 g/mol. The number of amides is 1. The fraction of sp³-hybridized carbons (Fsp3) is 0.889. The minimum Gasteiger partial charge on any atom is -0.376 e. The second kappa shape index (κ2) is 9.46. The van der Waals surface area contributed by atoms with Crippen LogP contribution in [0.5, 0.6) is 0 Å². The molecule has 0 spiro atoms. The van der Waals surface area contributed by atoms with Crippen molar-refractivity contribution < 1.29 is 17.9 Å². The second-order valence-electron chi connectivity index (χ2n) is 8.19. The summed E-state index contributed by atoms with van der Waals surface area (Å²) in [5.41, 5.74) is 0. The van der Waals surface area contributed by atoms with Gasteiger partial charge in [-0.15, -0.1) is 24.0 Å². The zero-order valence-electron chi connectivity index (χ0n) is 16.2. The van der Waals surface area contributed by atoms with Gasteiger partial charge in [0.15, 0.2) is 15.8 Å². The van der Waals surface area contributed by atoms with E-state index < -0.39 is 9.84 Å². The van der Waals surface area contributed by atoms with E-state index in [2.05, 4.69) is 5.32 Å². The number of carbonyl (C=O) groups excluding carboxylic acids is 1. The maximum atomic E-state index is 12.5. The molecule has 1 N–H and O–H groups in total. The van der Waals surface area contributed by atoms with Crippen LogP contribution in [0.3, 0.4) is 0 Å². The van der Waals surface area contributed by atoms with Crippen LogP contribution in [0, 0.1) is 5.92 Å². The number of hydrogen-bond acceptors (Lipinski definition) is 5. The average molecular weight is 526 g/mol. The Morgan fingerprint density at radius 3 is 2.64 bits per heavy atom. The van der Waals surface area contributed by atoms with Crippen molar-refractivity contribution in [3.05, 3.63) is 0 Å². The molecule has 0 aromatic rings. The summed E-state index contributed by atoms with van der Waals surface area (Å²) in [4.78, 5) is 21.2. The zero-order valence-corrected chi connectivity index (χ0v) is 19.4. The normalized spacial score (nSPS) is 30.4. The summed E-state index contributed by atoms with van der Waals surface area (Å²) in [5.74, 6) is 1.46. The highest BCUT2D eigenvalue weighted by atomic mass is 127. The smallest absolute Gasteiger partial charge is 0.242 e. The van der Waals surface area contributed by atoms with Crippen molar-refractivity contribution in [2.45, 2.75) is 44.2 Å². The molecule has 1 saturated carbocycles. The third-order valence-electron chi connectivity index (χ3n) is 5.88. The molecule has 1 amide bonds. The van der Waals surface area contributed by atoms with E-state index in [1.807, 2.05) is 9.80 Å². The predicted octanol–water partition coefficient (Wildman–Crippen LogP) is 0.470. The van der Waals surface area contributed by atoms with Gasteiger partial charge in [-0.3, -0.25) is 9.79 Å². The van der Waals surface area contributed by atoms with E-state index in [-0.39, 0.29) is 53.4 Å². The molecule has 8 nitrogen and oxygen atoms in total. The molecule has 4 fully saturated rings. The third-order valence-corrected chi connectivity index (χ3v) is 7.72. The topological polar surface area (TPSA) is 91.3 Å². The van der Waals surface area contributed by atoms with Crippen molar-refractivity contribution in [1.29, 1.82) is 0 Å². The van der Waals surface area contributed by atoms with Crippen LogP contribution in [0.1, 0.15) is 32.1 Å². The summed E-state index contributed by atoms with van der Waals surface area (Å²) in [7, 11) is -2.90. The number of aliphatic imine (C=N–C) groups is 1. The quantitative estimate of drug-likeness (QED) is 0.318. The molecule has 10 heteroatoms. The highest BCUT2D eigenvalue weighted by molar-refractivity contribution is 14.0. The van der Waals surface area contributed by atoms with E-state index >= 15 is 0 Å². The van der Waals surface area contributed by atoms with Gasteiger partial charge in [0.2, 0.25) is 5.91 Å². The lowest BCUT2D eigenvalue weighted by Crippen LogP contribution is -2.56. The summed E-state index contributed by atoms with van der Waals surface area (Å²) < 4.78 is 29.1. The highest BCUT2D eigenvalue weighted by Gasteiger charge is 2.36. The number of hydrogen-bond donors (Lipinski definition) is 1. The first-order valence-corrected chi connectivity index (χ1v) is 12.0. The molecule has 160 valence electrons. The van der Waals surface area contributed by atoms with Crippen molar-refractivity contribution in [3.63, 3.8) is 0 Å². The molecule has 3 heterocycles. The zero-order chi connectivity index (χ0) is 18.9. The fourth-order valence-electron chi connectivity index (χ4n) is 4.15. The molecule has 0 bridgehead atoms. The Morgan fingerprint density at radius 2 is 2.04 bits per heavy atom. The number of guanidine groups is 1. The number of nitrogens with zero attached hydrogens (tertiary/aromatic N) is 3. The third kappa shape index (κ3) is 5.71. The highest BCUT2D eigenvalue weighted by Crippen LogP contribution is 2.28. The van der Waals surface area contributed by atoms with Crippen LogP contribution < -0.4 is 5.32 Å². The molecule has 4 rings (SSSR count). The van der Waals surface area contributed by atoms with E-state index in [0.29, 0.717) is 32.1 Å². The lowest BCUT2D eigenvalue weighted by atomic mass is 10.1. The SMILES string of the molecule is I.O=C1CN(C(=NCC2CCS(=O)(=O)C2)NCC2CCCO2)CCN1C1CC1. The van der Waals surface area contributed by atoms with Gasteiger partial charge in [0.05, 0.1) is 24.2 Å². The Balaban J connectivity index is 0.00000225. The summed E-state index contributed by atoms with van der Waals surface area (Å²) in [6.07, 6.45) is 5.23. The fourth-order valence-corrected chi connectivity index (χ4v) is 6.00. The van der Waals surface area contributed by atoms with Crippen LogP contribution >= 0.6 is 24.0 Å². The van der Waals surface area contributed by atoms with Gasteiger partial charge in [0, 0.05) is 38.8 Å². The number of halogens is 1. The van der Waals surface area contributed by atoms with Gasteiger partial charge in [0.25, 0.3) is 0 Å². The van der Waals surface area contributed by atoms with Gasteiger partial charge < -0.3 is 19.9 Å². The van der Waals surface area contributed by atoms with Crippen LogP contribution in [0.15, 0.2) is 4.99 Å². The van der Waals surface area contributed by atoms with Crippen LogP contribution in [0.2, 0.25) is 0 Å². The molecule has 4 aliphatic rings. The lowest BCUT2D eigenvalue weighted by molar-refractivity contribution is -0.135. The Labute approximate surface area is 184 Å². The monoisotopic (exact) mass is 526 g/mol. The van der Waals surface area contributed by atoms with E-state index in [1.54, 1.807) is 0 Å². The molecule has 28 heavy (non-hydrogen) atoms. The molecule has 3 saturated heterocycles. The number of piperazine rings is 1. The number of ether oxygens (including phenoxy) is 1. The predicted molar refractivity (Wildman–Crippen MR) is 118 cm³/mol. The first-order chi connectivity index (χ1) is 13.0.